The number of carbonyl (C=O) groups is 3. The number of halogens is 1. The van der Waals surface area contributed by atoms with Crippen molar-refractivity contribution in [1.82, 2.24) is 5.32 Å². The second kappa shape index (κ2) is 6.90. The van der Waals surface area contributed by atoms with Crippen molar-refractivity contribution in [2.24, 2.45) is 5.73 Å². The fourth-order valence-electron chi connectivity index (χ4n) is 1.45. The lowest BCUT2D eigenvalue weighted by atomic mass is 10.2. The number of amides is 3. The first-order valence-electron chi connectivity index (χ1n) is 5.64. The molecule has 1 aromatic rings. The summed E-state index contributed by atoms with van der Waals surface area (Å²) in [7, 11) is 0. The van der Waals surface area contributed by atoms with E-state index in [4.69, 9.17) is 10.8 Å². The Morgan fingerprint density at radius 2 is 2.05 bits per heavy atom. The topological polar surface area (TPSA) is 122 Å². The predicted octanol–water partition coefficient (Wildman–Crippen LogP) is 1.21. The summed E-state index contributed by atoms with van der Waals surface area (Å²) in [5.74, 6) is -2.14. The Morgan fingerprint density at radius 3 is 2.60 bits per heavy atom. The van der Waals surface area contributed by atoms with Crippen LogP contribution in [0.2, 0.25) is 0 Å². The van der Waals surface area contributed by atoms with Gasteiger partial charge in [0.15, 0.2) is 0 Å². The highest BCUT2D eigenvalue weighted by Crippen LogP contribution is 2.20. The van der Waals surface area contributed by atoms with E-state index >= 15 is 0 Å². The van der Waals surface area contributed by atoms with Crippen molar-refractivity contribution in [3.63, 3.8) is 0 Å². The van der Waals surface area contributed by atoms with Gasteiger partial charge in [-0.3, -0.25) is 4.79 Å². The van der Waals surface area contributed by atoms with Crippen LogP contribution in [0.1, 0.15) is 12.0 Å². The quantitative estimate of drug-likeness (QED) is 0.641. The Labute approximate surface area is 123 Å². The summed E-state index contributed by atoms with van der Waals surface area (Å²) in [6.45, 7) is 1.79. The number of carboxylic acids is 1. The molecule has 0 spiro atoms. The highest BCUT2D eigenvalue weighted by molar-refractivity contribution is 9.10. The monoisotopic (exact) mass is 343 g/mol. The average Bonchev–Trinajstić information content (AvgIpc) is 2.32. The Morgan fingerprint density at radius 1 is 1.40 bits per heavy atom. The van der Waals surface area contributed by atoms with E-state index in [1.54, 1.807) is 19.1 Å². The fourth-order valence-corrected chi connectivity index (χ4v) is 1.81. The smallest absolute Gasteiger partial charge is 0.326 e. The zero-order valence-corrected chi connectivity index (χ0v) is 12.2. The van der Waals surface area contributed by atoms with Gasteiger partial charge in [-0.25, -0.2) is 9.59 Å². The van der Waals surface area contributed by atoms with E-state index in [0.29, 0.717) is 5.69 Å². The minimum absolute atomic E-state index is 0.472. The molecular formula is C12H14BrN3O4. The minimum atomic E-state index is -1.36. The number of rotatable bonds is 5. The number of hydrogen-bond donors (Lipinski definition) is 4. The lowest BCUT2D eigenvalue weighted by Crippen LogP contribution is -2.45. The highest BCUT2D eigenvalue weighted by atomic mass is 79.9. The van der Waals surface area contributed by atoms with E-state index in [1.165, 1.54) is 0 Å². The third-order valence-electron chi connectivity index (χ3n) is 2.46. The van der Waals surface area contributed by atoms with Crippen molar-refractivity contribution in [2.75, 3.05) is 5.32 Å². The highest BCUT2D eigenvalue weighted by Gasteiger charge is 2.22. The molecular weight excluding hydrogens is 330 g/mol. The first-order valence-corrected chi connectivity index (χ1v) is 6.43. The number of nitrogens with one attached hydrogen (secondary N) is 2. The number of aliphatic carboxylic acids is 1. The van der Waals surface area contributed by atoms with Gasteiger partial charge < -0.3 is 21.5 Å². The van der Waals surface area contributed by atoms with Crippen molar-refractivity contribution < 1.29 is 19.5 Å². The van der Waals surface area contributed by atoms with E-state index in [-0.39, 0.29) is 0 Å². The van der Waals surface area contributed by atoms with E-state index in [2.05, 4.69) is 26.6 Å². The Hall–Kier alpha value is -2.09. The average molecular weight is 344 g/mol. The number of primary amides is 1. The van der Waals surface area contributed by atoms with Crippen LogP contribution in [0, 0.1) is 6.92 Å². The number of hydrogen-bond acceptors (Lipinski definition) is 3. The van der Waals surface area contributed by atoms with Gasteiger partial charge in [0.25, 0.3) is 0 Å². The molecule has 8 heteroatoms. The lowest BCUT2D eigenvalue weighted by molar-refractivity contribution is -0.140. The summed E-state index contributed by atoms with van der Waals surface area (Å²) in [5, 5.41) is 13.6. The van der Waals surface area contributed by atoms with Crippen LogP contribution in [0.15, 0.2) is 22.7 Å². The Balaban J connectivity index is 2.72. The molecule has 0 saturated heterocycles. The van der Waals surface area contributed by atoms with Gasteiger partial charge in [0.1, 0.15) is 6.04 Å². The van der Waals surface area contributed by atoms with Gasteiger partial charge in [-0.1, -0.05) is 22.0 Å². The number of anilines is 1. The van der Waals surface area contributed by atoms with Crippen LogP contribution in [-0.2, 0) is 9.59 Å². The van der Waals surface area contributed by atoms with Gasteiger partial charge in [-0.15, -0.1) is 0 Å². The molecule has 0 heterocycles. The largest absolute Gasteiger partial charge is 0.480 e. The zero-order valence-electron chi connectivity index (χ0n) is 10.6. The third kappa shape index (κ3) is 4.88. The van der Waals surface area contributed by atoms with E-state index in [9.17, 15) is 14.4 Å². The molecule has 0 bridgehead atoms. The molecule has 0 unspecified atom stereocenters. The minimum Gasteiger partial charge on any atom is -0.480 e. The summed E-state index contributed by atoms with van der Waals surface area (Å²) in [6.07, 6.45) is -0.472. The van der Waals surface area contributed by atoms with E-state index in [1.807, 2.05) is 6.07 Å². The summed E-state index contributed by atoms with van der Waals surface area (Å²) in [5.41, 5.74) is 6.26. The van der Waals surface area contributed by atoms with Crippen LogP contribution in [0.3, 0.4) is 0 Å². The molecule has 0 aliphatic carbocycles. The first-order chi connectivity index (χ1) is 9.29. The number of aryl methyl sites for hydroxylation is 1. The molecule has 0 aliphatic heterocycles. The van der Waals surface area contributed by atoms with Crippen LogP contribution in [0.5, 0.6) is 0 Å². The van der Waals surface area contributed by atoms with Crippen molar-refractivity contribution in [3.8, 4) is 0 Å². The van der Waals surface area contributed by atoms with Gasteiger partial charge in [0.2, 0.25) is 5.91 Å². The van der Waals surface area contributed by atoms with Gasteiger partial charge in [-0.2, -0.15) is 0 Å². The molecule has 20 heavy (non-hydrogen) atoms. The Kier molecular flexibility index (Phi) is 5.51. The molecule has 5 N–H and O–H groups in total. The number of nitrogens with two attached hydrogens (primary N) is 1. The molecule has 1 aromatic carbocycles. The summed E-state index contributed by atoms with van der Waals surface area (Å²) in [4.78, 5) is 33.3. The fraction of sp³-hybridized carbons (Fsp3) is 0.250. The zero-order chi connectivity index (χ0) is 15.3. The molecule has 0 aromatic heterocycles. The maximum atomic E-state index is 11.7. The maximum Gasteiger partial charge on any atom is 0.326 e. The molecule has 0 radical (unpaired) electrons. The SMILES string of the molecule is Cc1ccc(Br)cc1NC(=O)N[C@H](CC(N)=O)C(=O)O. The summed E-state index contributed by atoms with van der Waals surface area (Å²) < 4.78 is 0.769. The van der Waals surface area contributed by atoms with E-state index < -0.39 is 30.4 Å². The molecule has 108 valence electrons. The van der Waals surface area contributed by atoms with Crippen molar-refractivity contribution in [3.05, 3.63) is 28.2 Å². The number of carboxylic acid groups (broad SMARTS) is 1. The molecule has 0 saturated carbocycles. The normalized spacial score (nSPS) is 11.5. The molecule has 3 amide bonds. The van der Waals surface area contributed by atoms with E-state index in [0.717, 1.165) is 10.0 Å². The van der Waals surface area contributed by atoms with Crippen LogP contribution >= 0.6 is 15.9 Å². The summed E-state index contributed by atoms with van der Waals surface area (Å²) in [6, 6.07) is 3.20. The summed E-state index contributed by atoms with van der Waals surface area (Å²) >= 11 is 3.27. The second-order valence-corrected chi connectivity index (χ2v) is 5.03. The molecule has 0 fully saturated rings. The first kappa shape index (κ1) is 16.0. The third-order valence-corrected chi connectivity index (χ3v) is 2.95. The number of urea groups is 1. The number of carbonyl (C=O) groups excluding carboxylic acids is 2. The molecule has 0 aliphatic rings. The molecule has 1 atom stereocenters. The van der Waals surface area contributed by atoms with Crippen molar-refractivity contribution >= 4 is 39.5 Å². The Bertz CT molecular complexity index is 548. The van der Waals surface area contributed by atoms with Crippen LogP contribution in [-0.4, -0.2) is 29.1 Å². The maximum absolute atomic E-state index is 11.7. The molecule has 1 rings (SSSR count). The number of benzene rings is 1. The lowest BCUT2D eigenvalue weighted by Gasteiger charge is -2.14. The van der Waals surface area contributed by atoms with Gasteiger partial charge in [0, 0.05) is 10.2 Å². The van der Waals surface area contributed by atoms with Crippen molar-refractivity contribution in [1.29, 1.82) is 0 Å². The van der Waals surface area contributed by atoms with Crippen LogP contribution < -0.4 is 16.4 Å². The van der Waals surface area contributed by atoms with Gasteiger partial charge in [0.05, 0.1) is 6.42 Å². The van der Waals surface area contributed by atoms with Crippen molar-refractivity contribution in [2.45, 2.75) is 19.4 Å². The van der Waals surface area contributed by atoms with Crippen LogP contribution in [0.4, 0.5) is 10.5 Å². The standard InChI is InChI=1S/C12H14BrN3O4/c1-6-2-3-7(13)4-8(6)15-12(20)16-9(11(18)19)5-10(14)17/h2-4,9H,5H2,1H3,(H2,14,17)(H,18,19)(H2,15,16,20)/t9-/m1/s1. The van der Waals surface area contributed by atoms with Gasteiger partial charge >= 0.3 is 12.0 Å². The second-order valence-electron chi connectivity index (χ2n) is 4.12. The molecule has 7 nitrogen and oxygen atoms in total. The van der Waals surface area contributed by atoms with Gasteiger partial charge in [-0.05, 0) is 24.6 Å². The van der Waals surface area contributed by atoms with Crippen LogP contribution in [0.25, 0.3) is 0 Å². The predicted molar refractivity (Wildman–Crippen MR) is 76.3 cm³/mol.